The summed E-state index contributed by atoms with van der Waals surface area (Å²) in [6.45, 7) is 2.10. The molecule has 2 saturated heterocycles. The van der Waals surface area contributed by atoms with Crippen molar-refractivity contribution in [1.82, 2.24) is 10.6 Å². The summed E-state index contributed by atoms with van der Waals surface area (Å²) in [4.78, 5) is 11.6. The fourth-order valence-electron chi connectivity index (χ4n) is 1.96. The third-order valence-electron chi connectivity index (χ3n) is 3.05. The average Bonchev–Trinajstić information content (AvgIpc) is 2.50. The number of hydrogen-bond donors (Lipinski definition) is 2. The zero-order chi connectivity index (χ0) is 12.3. The second-order valence-corrected chi connectivity index (χ2v) is 7.97. The average molecular weight is 278 g/mol. The van der Waals surface area contributed by atoms with Gasteiger partial charge in [0.15, 0.2) is 9.84 Å². The van der Waals surface area contributed by atoms with Gasteiger partial charge in [0.1, 0.15) is 0 Å². The van der Waals surface area contributed by atoms with E-state index in [1.807, 2.05) is 0 Å². The van der Waals surface area contributed by atoms with Crippen LogP contribution in [0.3, 0.4) is 0 Å². The summed E-state index contributed by atoms with van der Waals surface area (Å²) in [5.41, 5.74) is 0. The highest BCUT2D eigenvalue weighted by molar-refractivity contribution is 7.99. The van der Waals surface area contributed by atoms with Crippen molar-refractivity contribution in [3.8, 4) is 0 Å². The molecule has 0 aromatic carbocycles. The minimum absolute atomic E-state index is 0.0376. The predicted octanol–water partition coefficient (Wildman–Crippen LogP) is -0.758. The number of amides is 1. The van der Waals surface area contributed by atoms with E-state index >= 15 is 0 Å². The number of carbonyl (C=O) groups is 1. The van der Waals surface area contributed by atoms with Gasteiger partial charge in [0, 0.05) is 6.04 Å². The Hall–Kier alpha value is -0.270. The van der Waals surface area contributed by atoms with E-state index < -0.39 is 9.84 Å². The topological polar surface area (TPSA) is 75.3 Å². The third kappa shape index (κ3) is 4.15. The summed E-state index contributed by atoms with van der Waals surface area (Å²) in [6.07, 6.45) is 0.561. The monoisotopic (exact) mass is 278 g/mol. The molecule has 5 nitrogen and oxygen atoms in total. The molecule has 2 aliphatic heterocycles. The van der Waals surface area contributed by atoms with E-state index in [0.29, 0.717) is 18.1 Å². The van der Waals surface area contributed by atoms with Crippen molar-refractivity contribution in [1.29, 1.82) is 0 Å². The maximum Gasteiger partial charge on any atom is 0.230 e. The zero-order valence-electron chi connectivity index (χ0n) is 9.65. The van der Waals surface area contributed by atoms with Crippen LogP contribution in [0.5, 0.6) is 0 Å². The number of sulfone groups is 1. The molecule has 2 rings (SSSR count). The predicted molar refractivity (Wildman–Crippen MR) is 68.9 cm³/mol. The Morgan fingerprint density at radius 3 is 2.71 bits per heavy atom. The molecule has 0 aromatic rings. The van der Waals surface area contributed by atoms with Crippen LogP contribution in [0.1, 0.15) is 6.42 Å². The van der Waals surface area contributed by atoms with Crippen LogP contribution < -0.4 is 10.6 Å². The van der Waals surface area contributed by atoms with E-state index in [1.54, 1.807) is 11.8 Å². The highest BCUT2D eigenvalue weighted by Crippen LogP contribution is 2.14. The van der Waals surface area contributed by atoms with E-state index in [9.17, 15) is 13.2 Å². The van der Waals surface area contributed by atoms with Gasteiger partial charge in [-0.1, -0.05) is 0 Å². The molecular formula is C10H18N2O3S2. The van der Waals surface area contributed by atoms with Crippen LogP contribution in [0, 0.1) is 5.92 Å². The van der Waals surface area contributed by atoms with Crippen LogP contribution in [0.15, 0.2) is 0 Å². The number of carbonyl (C=O) groups excluding carboxylic acids is 1. The summed E-state index contributed by atoms with van der Waals surface area (Å²) in [5.74, 6) is 2.41. The van der Waals surface area contributed by atoms with Crippen LogP contribution in [-0.2, 0) is 14.6 Å². The molecule has 98 valence electrons. The second kappa shape index (κ2) is 5.58. The Labute approximate surface area is 106 Å². The van der Waals surface area contributed by atoms with Crippen molar-refractivity contribution in [2.45, 2.75) is 12.5 Å². The lowest BCUT2D eigenvalue weighted by molar-refractivity contribution is -0.119. The Morgan fingerprint density at radius 2 is 2.18 bits per heavy atom. The van der Waals surface area contributed by atoms with Gasteiger partial charge in [0.2, 0.25) is 5.91 Å². The summed E-state index contributed by atoms with van der Waals surface area (Å²) in [7, 11) is -2.90. The van der Waals surface area contributed by atoms with Gasteiger partial charge in [-0.25, -0.2) is 8.42 Å². The summed E-state index contributed by atoms with van der Waals surface area (Å²) in [5, 5.41) is 5.98. The lowest BCUT2D eigenvalue weighted by atomic mass is 10.1. The minimum atomic E-state index is -2.90. The number of nitrogens with one attached hydrogen (secondary N) is 2. The maximum absolute atomic E-state index is 11.6. The molecule has 0 radical (unpaired) electrons. The highest BCUT2D eigenvalue weighted by atomic mass is 32.2. The number of rotatable bonds is 5. The van der Waals surface area contributed by atoms with Crippen LogP contribution in [0.25, 0.3) is 0 Å². The molecule has 2 fully saturated rings. The lowest BCUT2D eigenvalue weighted by Gasteiger charge is -2.26. The minimum Gasteiger partial charge on any atom is -0.352 e. The summed E-state index contributed by atoms with van der Waals surface area (Å²) < 4.78 is 22.4. The number of hydrogen-bond acceptors (Lipinski definition) is 5. The van der Waals surface area contributed by atoms with E-state index in [1.165, 1.54) is 0 Å². The molecule has 17 heavy (non-hydrogen) atoms. The molecular weight excluding hydrogens is 260 g/mol. The van der Waals surface area contributed by atoms with Crippen molar-refractivity contribution in [3.63, 3.8) is 0 Å². The summed E-state index contributed by atoms with van der Waals surface area (Å²) in [6, 6.07) is -0.168. The fraction of sp³-hybridized carbons (Fsp3) is 0.900. The molecule has 2 heterocycles. The van der Waals surface area contributed by atoms with Gasteiger partial charge in [0.05, 0.1) is 17.3 Å². The Balaban J connectivity index is 1.60. The first-order chi connectivity index (χ1) is 8.05. The van der Waals surface area contributed by atoms with E-state index in [0.717, 1.165) is 18.8 Å². The smallest absolute Gasteiger partial charge is 0.230 e. The van der Waals surface area contributed by atoms with Crippen LogP contribution in [0.4, 0.5) is 0 Å². The molecule has 0 bridgehead atoms. The molecule has 7 heteroatoms. The Kier molecular flexibility index (Phi) is 4.32. The molecule has 1 unspecified atom stereocenters. The van der Waals surface area contributed by atoms with Crippen molar-refractivity contribution in [2.24, 2.45) is 5.92 Å². The van der Waals surface area contributed by atoms with Gasteiger partial charge < -0.3 is 10.6 Å². The molecule has 0 saturated carbocycles. The molecule has 0 spiro atoms. The van der Waals surface area contributed by atoms with Gasteiger partial charge >= 0.3 is 0 Å². The molecule has 0 aromatic heterocycles. The highest BCUT2D eigenvalue weighted by Gasteiger charge is 2.28. The Morgan fingerprint density at radius 1 is 1.41 bits per heavy atom. The molecule has 1 amide bonds. The zero-order valence-corrected chi connectivity index (χ0v) is 11.3. The fourth-order valence-corrected chi connectivity index (χ4v) is 4.59. The SMILES string of the molecule is O=C(CSCC1CNC1)NC1CCS(=O)(=O)C1. The third-order valence-corrected chi connectivity index (χ3v) is 5.99. The van der Waals surface area contributed by atoms with E-state index in [4.69, 9.17) is 0 Å². The molecule has 0 aliphatic carbocycles. The lowest BCUT2D eigenvalue weighted by Crippen LogP contribution is -2.43. The van der Waals surface area contributed by atoms with Crippen molar-refractivity contribution < 1.29 is 13.2 Å². The first-order valence-electron chi connectivity index (χ1n) is 5.83. The van der Waals surface area contributed by atoms with Gasteiger partial charge in [-0.05, 0) is 31.2 Å². The van der Waals surface area contributed by atoms with Crippen LogP contribution in [-0.4, -0.2) is 56.5 Å². The Bertz CT molecular complexity index is 379. The van der Waals surface area contributed by atoms with Crippen LogP contribution in [0.2, 0.25) is 0 Å². The van der Waals surface area contributed by atoms with E-state index in [-0.39, 0.29) is 23.5 Å². The second-order valence-electron chi connectivity index (χ2n) is 4.71. The molecule has 2 N–H and O–H groups in total. The maximum atomic E-state index is 11.6. The largest absolute Gasteiger partial charge is 0.352 e. The quantitative estimate of drug-likeness (QED) is 0.691. The normalized spacial score (nSPS) is 27.6. The van der Waals surface area contributed by atoms with Gasteiger partial charge in [0.25, 0.3) is 0 Å². The van der Waals surface area contributed by atoms with Crippen molar-refractivity contribution in [2.75, 3.05) is 36.1 Å². The van der Waals surface area contributed by atoms with Gasteiger partial charge in [-0.3, -0.25) is 4.79 Å². The van der Waals surface area contributed by atoms with Crippen molar-refractivity contribution in [3.05, 3.63) is 0 Å². The number of thioether (sulfide) groups is 1. The summed E-state index contributed by atoms with van der Waals surface area (Å²) >= 11 is 1.63. The van der Waals surface area contributed by atoms with Gasteiger partial charge in [-0.2, -0.15) is 11.8 Å². The first-order valence-corrected chi connectivity index (χ1v) is 8.81. The molecule has 1 atom stereocenters. The molecule has 2 aliphatic rings. The van der Waals surface area contributed by atoms with Gasteiger partial charge in [-0.15, -0.1) is 0 Å². The standard InChI is InChI=1S/C10H18N2O3S2/c13-10(6-16-5-8-3-11-4-8)12-9-1-2-17(14,15)7-9/h8-9,11H,1-7H2,(H,12,13). The first kappa shape index (κ1) is 13.2. The van der Waals surface area contributed by atoms with E-state index in [2.05, 4.69) is 10.6 Å². The van der Waals surface area contributed by atoms with Crippen LogP contribution >= 0.6 is 11.8 Å². The van der Waals surface area contributed by atoms with Crippen molar-refractivity contribution >= 4 is 27.5 Å².